The van der Waals surface area contributed by atoms with E-state index in [1.54, 1.807) is 18.2 Å². The molecule has 0 bridgehead atoms. The molecule has 0 heterocycles. The van der Waals surface area contributed by atoms with Gasteiger partial charge in [0, 0.05) is 9.50 Å². The minimum absolute atomic E-state index is 0.457. The van der Waals surface area contributed by atoms with Gasteiger partial charge in [-0.3, -0.25) is 0 Å². The van der Waals surface area contributed by atoms with Crippen molar-refractivity contribution in [1.82, 2.24) is 0 Å². The van der Waals surface area contributed by atoms with E-state index >= 15 is 0 Å². The molecular weight excluding hydrogens is 379 g/mol. The Bertz CT molecular complexity index is 606. The summed E-state index contributed by atoms with van der Waals surface area (Å²) in [6.45, 7) is 2.03. The highest BCUT2D eigenvalue weighted by Gasteiger charge is 2.06. The number of aryl methyl sites for hydroxylation is 1. The summed E-state index contributed by atoms with van der Waals surface area (Å²) in [6.07, 6.45) is 0. The Balaban J connectivity index is 2.09. The van der Waals surface area contributed by atoms with E-state index in [4.69, 9.17) is 35.4 Å². The second kappa shape index (κ2) is 6.76. The molecule has 0 fully saturated rings. The standard InChI is InChI=1S/C14H11BrCl2N2S/c1-8-2-4-12(10(15)6-8)18-14(20)19-13-5-3-9(16)7-11(13)17/h2-7H,1H3,(H2,18,19,20). The average molecular weight is 390 g/mol. The largest absolute Gasteiger partial charge is 0.332 e. The summed E-state index contributed by atoms with van der Waals surface area (Å²) in [4.78, 5) is 0. The third-order valence-corrected chi connectivity index (χ3v) is 3.96. The van der Waals surface area contributed by atoms with Crippen molar-refractivity contribution in [2.75, 3.05) is 10.6 Å². The van der Waals surface area contributed by atoms with Crippen LogP contribution in [0, 0.1) is 6.92 Å². The zero-order valence-corrected chi connectivity index (χ0v) is 14.4. The quantitative estimate of drug-likeness (QED) is 0.627. The van der Waals surface area contributed by atoms with Crippen LogP contribution < -0.4 is 10.6 Å². The smallest absolute Gasteiger partial charge is 0.175 e. The Morgan fingerprint density at radius 1 is 1.05 bits per heavy atom. The molecule has 0 unspecified atom stereocenters. The highest BCUT2D eigenvalue weighted by Crippen LogP contribution is 2.27. The van der Waals surface area contributed by atoms with Gasteiger partial charge in [0.25, 0.3) is 0 Å². The fourth-order valence-corrected chi connectivity index (χ4v) is 2.86. The van der Waals surface area contributed by atoms with Gasteiger partial charge in [-0.05, 0) is 71.0 Å². The molecule has 2 N–H and O–H groups in total. The minimum atomic E-state index is 0.457. The van der Waals surface area contributed by atoms with Crippen molar-refractivity contribution in [3.63, 3.8) is 0 Å². The van der Waals surface area contributed by atoms with Crippen LogP contribution in [0.2, 0.25) is 10.0 Å². The van der Waals surface area contributed by atoms with E-state index in [0.717, 1.165) is 10.2 Å². The minimum Gasteiger partial charge on any atom is -0.332 e. The molecule has 20 heavy (non-hydrogen) atoms. The fourth-order valence-electron chi connectivity index (χ4n) is 1.59. The monoisotopic (exact) mass is 388 g/mol. The predicted octanol–water partition coefficient (Wildman–Crippen LogP) is 5.87. The first kappa shape index (κ1) is 15.6. The molecule has 0 saturated carbocycles. The van der Waals surface area contributed by atoms with Gasteiger partial charge in [0.15, 0.2) is 5.11 Å². The van der Waals surface area contributed by atoms with Gasteiger partial charge in [0.1, 0.15) is 0 Å². The fraction of sp³-hybridized carbons (Fsp3) is 0.0714. The summed E-state index contributed by atoms with van der Waals surface area (Å²) in [5, 5.41) is 7.71. The van der Waals surface area contributed by atoms with E-state index in [1.165, 1.54) is 5.56 Å². The maximum Gasteiger partial charge on any atom is 0.175 e. The molecule has 2 rings (SSSR count). The number of benzene rings is 2. The third-order valence-electron chi connectivity index (χ3n) is 2.55. The number of anilines is 2. The number of hydrogen-bond acceptors (Lipinski definition) is 1. The van der Waals surface area contributed by atoms with Crippen molar-refractivity contribution in [3.8, 4) is 0 Å². The van der Waals surface area contributed by atoms with Crippen molar-refractivity contribution in [2.24, 2.45) is 0 Å². The van der Waals surface area contributed by atoms with Gasteiger partial charge in [-0.25, -0.2) is 0 Å². The molecule has 0 aliphatic heterocycles. The number of thiocarbonyl (C=S) groups is 1. The average Bonchev–Trinajstić information content (AvgIpc) is 2.36. The summed E-state index contributed by atoms with van der Waals surface area (Å²) in [5.74, 6) is 0. The maximum absolute atomic E-state index is 6.09. The van der Waals surface area contributed by atoms with Crippen LogP contribution in [0.3, 0.4) is 0 Å². The van der Waals surface area contributed by atoms with Crippen LogP contribution in [0.1, 0.15) is 5.56 Å². The zero-order valence-electron chi connectivity index (χ0n) is 10.5. The van der Waals surface area contributed by atoms with Crippen LogP contribution in [0.5, 0.6) is 0 Å². The summed E-state index contributed by atoms with van der Waals surface area (Å²) in [5.41, 5.74) is 2.76. The molecule has 0 aromatic heterocycles. The lowest BCUT2D eigenvalue weighted by Gasteiger charge is -2.13. The Morgan fingerprint density at radius 2 is 1.70 bits per heavy atom. The van der Waals surface area contributed by atoms with E-state index in [0.29, 0.717) is 20.8 Å². The topological polar surface area (TPSA) is 24.1 Å². The van der Waals surface area contributed by atoms with Gasteiger partial charge in [-0.1, -0.05) is 29.3 Å². The van der Waals surface area contributed by atoms with Gasteiger partial charge >= 0.3 is 0 Å². The molecular formula is C14H11BrCl2N2S. The molecule has 2 aromatic carbocycles. The highest BCUT2D eigenvalue weighted by molar-refractivity contribution is 9.10. The van der Waals surface area contributed by atoms with E-state index in [1.807, 2.05) is 25.1 Å². The normalized spacial score (nSPS) is 10.2. The number of halogens is 3. The number of nitrogens with one attached hydrogen (secondary N) is 2. The van der Waals surface area contributed by atoms with Crippen molar-refractivity contribution in [2.45, 2.75) is 6.92 Å². The second-order valence-electron chi connectivity index (χ2n) is 4.19. The van der Waals surface area contributed by atoms with Gasteiger partial charge < -0.3 is 10.6 Å². The van der Waals surface area contributed by atoms with Crippen LogP contribution in [0.15, 0.2) is 40.9 Å². The van der Waals surface area contributed by atoms with Crippen LogP contribution in [0.4, 0.5) is 11.4 Å². The molecule has 0 radical (unpaired) electrons. The van der Waals surface area contributed by atoms with Crippen molar-refractivity contribution in [1.29, 1.82) is 0 Å². The van der Waals surface area contributed by atoms with Gasteiger partial charge in [-0.15, -0.1) is 0 Å². The van der Waals surface area contributed by atoms with E-state index in [-0.39, 0.29) is 0 Å². The van der Waals surface area contributed by atoms with E-state index in [9.17, 15) is 0 Å². The number of rotatable bonds is 2. The van der Waals surface area contributed by atoms with Crippen molar-refractivity contribution in [3.05, 3.63) is 56.5 Å². The Kier molecular flexibility index (Phi) is 5.27. The first-order chi connectivity index (χ1) is 9.45. The highest BCUT2D eigenvalue weighted by atomic mass is 79.9. The molecule has 104 valence electrons. The SMILES string of the molecule is Cc1ccc(NC(=S)Nc2ccc(Cl)cc2Cl)c(Br)c1. The van der Waals surface area contributed by atoms with Crippen molar-refractivity contribution >= 4 is 67.8 Å². The second-order valence-corrected chi connectivity index (χ2v) is 6.29. The molecule has 6 heteroatoms. The van der Waals surface area contributed by atoms with Crippen LogP contribution in [-0.4, -0.2) is 5.11 Å². The van der Waals surface area contributed by atoms with Gasteiger partial charge in [0.05, 0.1) is 16.4 Å². The molecule has 0 atom stereocenters. The molecule has 0 amide bonds. The van der Waals surface area contributed by atoms with E-state index < -0.39 is 0 Å². The summed E-state index contributed by atoms with van der Waals surface area (Å²) in [6, 6.07) is 11.2. The molecule has 2 aromatic rings. The van der Waals surface area contributed by atoms with Crippen LogP contribution in [-0.2, 0) is 0 Å². The lowest BCUT2D eigenvalue weighted by atomic mass is 10.2. The lowest BCUT2D eigenvalue weighted by Crippen LogP contribution is -2.19. The van der Waals surface area contributed by atoms with E-state index in [2.05, 4.69) is 26.6 Å². The Hall–Kier alpha value is -0.810. The predicted molar refractivity (Wildman–Crippen MR) is 95.2 cm³/mol. The summed E-state index contributed by atoms with van der Waals surface area (Å²) < 4.78 is 0.948. The molecule has 0 spiro atoms. The summed E-state index contributed by atoms with van der Waals surface area (Å²) in [7, 11) is 0. The molecule has 2 nitrogen and oxygen atoms in total. The Labute approximate surface area is 141 Å². The van der Waals surface area contributed by atoms with Crippen LogP contribution in [0.25, 0.3) is 0 Å². The van der Waals surface area contributed by atoms with Gasteiger partial charge in [0.2, 0.25) is 0 Å². The number of hydrogen-bond donors (Lipinski definition) is 2. The molecule has 0 saturated heterocycles. The Morgan fingerprint density at radius 3 is 2.35 bits per heavy atom. The first-order valence-electron chi connectivity index (χ1n) is 5.75. The summed E-state index contributed by atoms with van der Waals surface area (Å²) >= 11 is 20.7. The van der Waals surface area contributed by atoms with Gasteiger partial charge in [-0.2, -0.15) is 0 Å². The van der Waals surface area contributed by atoms with Crippen LogP contribution >= 0.6 is 51.3 Å². The first-order valence-corrected chi connectivity index (χ1v) is 7.70. The van der Waals surface area contributed by atoms with Crippen molar-refractivity contribution < 1.29 is 0 Å². The zero-order chi connectivity index (χ0) is 14.7. The third kappa shape index (κ3) is 4.09. The molecule has 0 aliphatic carbocycles. The molecule has 0 aliphatic rings. The maximum atomic E-state index is 6.09. The lowest BCUT2D eigenvalue weighted by molar-refractivity contribution is 1.44.